The molecule has 1 aliphatic heterocycles. The van der Waals surface area contributed by atoms with Gasteiger partial charge in [0.2, 0.25) is 0 Å². The molecule has 41 heavy (non-hydrogen) atoms. The van der Waals surface area contributed by atoms with Crippen molar-refractivity contribution in [3.05, 3.63) is 143 Å². The summed E-state index contributed by atoms with van der Waals surface area (Å²) in [7, 11) is 0. The summed E-state index contributed by atoms with van der Waals surface area (Å²) in [5.41, 5.74) is 2.88. The van der Waals surface area contributed by atoms with E-state index in [-0.39, 0.29) is 12.2 Å². The maximum Gasteiger partial charge on any atom is 0.338 e. The average molecular weight is 646 g/mol. The summed E-state index contributed by atoms with van der Waals surface area (Å²) in [5, 5.41) is 0.571. The van der Waals surface area contributed by atoms with Gasteiger partial charge in [-0.25, -0.2) is 9.79 Å². The number of furan rings is 1. The van der Waals surface area contributed by atoms with Crippen LogP contribution in [0, 0.1) is 0 Å². The van der Waals surface area contributed by atoms with Gasteiger partial charge in [-0.05, 0) is 52.7 Å². The highest BCUT2D eigenvalue weighted by Gasteiger charge is 2.35. The van der Waals surface area contributed by atoms with E-state index in [4.69, 9.17) is 25.7 Å². The zero-order valence-electron chi connectivity index (χ0n) is 21.7. The molecule has 3 heterocycles. The van der Waals surface area contributed by atoms with Crippen LogP contribution in [0.1, 0.15) is 29.9 Å². The second-order valence-corrected chi connectivity index (χ2v) is 11.4. The lowest BCUT2D eigenvalue weighted by atomic mass is 9.93. The number of thiazole rings is 1. The summed E-state index contributed by atoms with van der Waals surface area (Å²) in [6.07, 6.45) is 1.70. The number of aromatic nitrogens is 1. The molecule has 6 rings (SSSR count). The predicted octanol–water partition coefficient (Wildman–Crippen LogP) is 6.61. The molecular weight excluding hydrogens is 624 g/mol. The van der Waals surface area contributed by atoms with Crippen molar-refractivity contribution < 1.29 is 13.9 Å². The molecule has 0 bridgehead atoms. The minimum Gasteiger partial charge on any atom is -0.463 e. The van der Waals surface area contributed by atoms with E-state index in [1.54, 1.807) is 23.6 Å². The Balaban J connectivity index is 1.54. The Bertz CT molecular complexity index is 1980. The summed E-state index contributed by atoms with van der Waals surface area (Å²) in [6.45, 7) is 1.95. The first-order valence-electron chi connectivity index (χ1n) is 12.8. The molecule has 5 aromatic rings. The second-order valence-electron chi connectivity index (χ2n) is 9.17. The number of hydrogen-bond donors (Lipinski definition) is 0. The van der Waals surface area contributed by atoms with Crippen molar-refractivity contribution in [2.24, 2.45) is 4.99 Å². The van der Waals surface area contributed by atoms with Crippen LogP contribution in [0.2, 0.25) is 5.02 Å². The number of ether oxygens (including phenoxy) is 1. The van der Waals surface area contributed by atoms with Crippen LogP contribution in [0.3, 0.4) is 0 Å². The third-order valence-corrected chi connectivity index (χ3v) is 8.81. The lowest BCUT2D eigenvalue weighted by Crippen LogP contribution is -2.39. The van der Waals surface area contributed by atoms with Crippen molar-refractivity contribution in [1.82, 2.24) is 4.57 Å². The highest BCUT2D eigenvalue weighted by Crippen LogP contribution is 2.35. The molecule has 0 N–H and O–H groups in total. The Hall–Kier alpha value is -3.98. The van der Waals surface area contributed by atoms with Crippen molar-refractivity contribution in [3.63, 3.8) is 0 Å². The Kier molecular flexibility index (Phi) is 7.62. The highest BCUT2D eigenvalue weighted by molar-refractivity contribution is 9.10. The molecule has 0 radical (unpaired) electrons. The maximum atomic E-state index is 14.0. The standard InChI is InChI=1S/C32H22BrClN2O4S/c1-2-39-31(38)27-28(19-9-5-3-6-10-19)35-32-36(29(27)20-11-7-4-8-12-20)30(37)26(41-32)18-22-14-16-25(40-22)21-13-15-23(33)24(34)17-21/h3-18,29H,2H2,1H3/b26-18-/t29-/m0/s1. The monoisotopic (exact) mass is 644 g/mol. The number of esters is 1. The van der Waals surface area contributed by atoms with Crippen LogP contribution in [-0.4, -0.2) is 17.1 Å². The third-order valence-electron chi connectivity index (χ3n) is 6.59. The highest BCUT2D eigenvalue weighted by atomic mass is 79.9. The minimum atomic E-state index is -0.721. The van der Waals surface area contributed by atoms with Gasteiger partial charge in [-0.15, -0.1) is 0 Å². The SMILES string of the molecule is CCOC(=O)C1=C(c2ccccc2)N=c2s/c(=C\c3ccc(-c4ccc(Br)c(Cl)c4)o3)c(=O)n2[C@H]1c1ccccc1. The number of halogens is 2. The van der Waals surface area contributed by atoms with Gasteiger partial charge < -0.3 is 9.15 Å². The van der Waals surface area contributed by atoms with Crippen LogP contribution in [0.15, 0.2) is 115 Å². The van der Waals surface area contributed by atoms with Gasteiger partial charge in [0, 0.05) is 21.7 Å². The van der Waals surface area contributed by atoms with Gasteiger partial charge in [-0.3, -0.25) is 9.36 Å². The molecule has 204 valence electrons. The van der Waals surface area contributed by atoms with E-state index in [1.807, 2.05) is 84.9 Å². The summed E-state index contributed by atoms with van der Waals surface area (Å²) < 4.78 is 14.4. The smallest absolute Gasteiger partial charge is 0.338 e. The first-order valence-corrected chi connectivity index (χ1v) is 14.8. The molecule has 0 saturated heterocycles. The van der Waals surface area contributed by atoms with E-state index < -0.39 is 12.0 Å². The quantitative estimate of drug-likeness (QED) is 0.195. The van der Waals surface area contributed by atoms with Gasteiger partial charge in [0.05, 0.1) is 33.5 Å². The molecule has 6 nitrogen and oxygen atoms in total. The molecule has 0 spiro atoms. The fourth-order valence-corrected chi connectivity index (χ4v) is 6.16. The topological polar surface area (TPSA) is 73.8 Å². The van der Waals surface area contributed by atoms with Crippen LogP contribution in [0.4, 0.5) is 0 Å². The van der Waals surface area contributed by atoms with Crippen molar-refractivity contribution in [2.45, 2.75) is 13.0 Å². The number of rotatable bonds is 6. The number of carbonyl (C=O) groups excluding carboxylic acids is 1. The minimum absolute atomic E-state index is 0.195. The normalized spacial score (nSPS) is 15.0. The number of nitrogens with zero attached hydrogens (tertiary/aromatic N) is 2. The van der Waals surface area contributed by atoms with E-state index in [1.165, 1.54) is 11.3 Å². The van der Waals surface area contributed by atoms with Gasteiger partial charge in [-0.2, -0.15) is 0 Å². The lowest BCUT2D eigenvalue weighted by molar-refractivity contribution is -0.138. The lowest BCUT2D eigenvalue weighted by Gasteiger charge is -2.25. The van der Waals surface area contributed by atoms with Crippen molar-refractivity contribution in [1.29, 1.82) is 0 Å². The zero-order chi connectivity index (χ0) is 28.5. The molecule has 2 aromatic heterocycles. The Labute approximate surface area is 252 Å². The fraction of sp³-hybridized carbons (Fsp3) is 0.0938. The van der Waals surface area contributed by atoms with E-state index >= 15 is 0 Å². The van der Waals surface area contributed by atoms with Gasteiger partial charge in [0.15, 0.2) is 4.80 Å². The number of benzene rings is 3. The summed E-state index contributed by atoms with van der Waals surface area (Å²) >= 11 is 10.9. The summed E-state index contributed by atoms with van der Waals surface area (Å²) in [5.74, 6) is 0.618. The van der Waals surface area contributed by atoms with Gasteiger partial charge in [0.25, 0.3) is 5.56 Å². The van der Waals surface area contributed by atoms with Crippen molar-refractivity contribution in [3.8, 4) is 11.3 Å². The van der Waals surface area contributed by atoms with E-state index in [0.717, 1.165) is 21.2 Å². The molecule has 0 aliphatic carbocycles. The van der Waals surface area contributed by atoms with Gasteiger partial charge in [-0.1, -0.05) is 89.7 Å². The van der Waals surface area contributed by atoms with Gasteiger partial charge >= 0.3 is 5.97 Å². The average Bonchev–Trinajstić information content (AvgIpc) is 3.59. The van der Waals surface area contributed by atoms with Crippen LogP contribution in [-0.2, 0) is 9.53 Å². The van der Waals surface area contributed by atoms with Crippen LogP contribution in [0.5, 0.6) is 0 Å². The number of fused-ring (bicyclic) bond motifs is 1. The summed E-state index contributed by atoms with van der Waals surface area (Å²) in [4.78, 5) is 32.8. The van der Waals surface area contributed by atoms with E-state index in [9.17, 15) is 9.59 Å². The third kappa shape index (κ3) is 5.26. The largest absolute Gasteiger partial charge is 0.463 e. The first kappa shape index (κ1) is 27.2. The number of hydrogen-bond acceptors (Lipinski definition) is 6. The van der Waals surface area contributed by atoms with Crippen molar-refractivity contribution >= 4 is 56.6 Å². The van der Waals surface area contributed by atoms with Gasteiger partial charge in [0.1, 0.15) is 11.5 Å². The molecule has 1 atom stereocenters. The molecule has 0 unspecified atom stereocenters. The predicted molar refractivity (Wildman–Crippen MR) is 164 cm³/mol. The maximum absolute atomic E-state index is 14.0. The molecule has 0 amide bonds. The fourth-order valence-electron chi connectivity index (χ4n) is 4.76. The van der Waals surface area contributed by atoms with Crippen LogP contribution >= 0.6 is 38.9 Å². The molecule has 0 saturated carbocycles. The Morgan fingerprint density at radius 2 is 1.78 bits per heavy atom. The molecule has 0 fully saturated rings. The second kappa shape index (κ2) is 11.5. The zero-order valence-corrected chi connectivity index (χ0v) is 24.9. The van der Waals surface area contributed by atoms with E-state index in [0.29, 0.717) is 37.1 Å². The Morgan fingerprint density at radius 1 is 1.05 bits per heavy atom. The summed E-state index contributed by atoms with van der Waals surface area (Å²) in [6, 6.07) is 27.4. The van der Waals surface area contributed by atoms with Crippen LogP contribution in [0.25, 0.3) is 23.1 Å². The van der Waals surface area contributed by atoms with Crippen LogP contribution < -0.4 is 14.9 Å². The van der Waals surface area contributed by atoms with E-state index in [2.05, 4.69) is 15.9 Å². The number of carbonyl (C=O) groups is 1. The van der Waals surface area contributed by atoms with Crippen molar-refractivity contribution in [2.75, 3.05) is 6.61 Å². The molecular formula is C32H22BrClN2O4S. The first-order chi connectivity index (χ1) is 19.9. The molecule has 1 aliphatic rings. The Morgan fingerprint density at radius 3 is 2.49 bits per heavy atom. The molecule has 9 heteroatoms. The molecule has 3 aromatic carbocycles.